The Hall–Kier alpha value is -1.73. The molecule has 0 amide bonds. The van der Waals surface area contributed by atoms with Gasteiger partial charge in [0, 0.05) is 0 Å². The van der Waals surface area contributed by atoms with Crippen molar-refractivity contribution in [2.24, 2.45) is 15.3 Å². The molecule has 0 spiro atoms. The van der Waals surface area contributed by atoms with Crippen molar-refractivity contribution in [2.45, 2.75) is 5.79 Å². The van der Waals surface area contributed by atoms with Gasteiger partial charge in [-0.15, -0.1) is 15.3 Å². The van der Waals surface area contributed by atoms with Gasteiger partial charge in [0.25, 0.3) is 0 Å². The van der Waals surface area contributed by atoms with Crippen molar-refractivity contribution >= 4 is 5.97 Å². The van der Waals surface area contributed by atoms with Crippen LogP contribution in [0, 0.1) is 16.6 Å². The third-order valence-electron chi connectivity index (χ3n) is 0.755. The molecule has 0 aliphatic rings. The smallest absolute Gasteiger partial charge is 0.395 e. The molecule has 0 heterocycles. The van der Waals surface area contributed by atoms with Crippen LogP contribution in [-0.4, -0.2) is 16.9 Å². The fourth-order valence-corrected chi connectivity index (χ4v) is 0.218. The lowest BCUT2D eigenvalue weighted by molar-refractivity contribution is -0.143. The summed E-state index contributed by atoms with van der Waals surface area (Å²) in [6.07, 6.45) is 0. The summed E-state index contributed by atoms with van der Waals surface area (Å²) in [6.45, 7) is 0. The zero-order valence-corrected chi connectivity index (χ0v) is 4.70. The zero-order chi connectivity index (χ0) is 8.20. The number of carboxylic acid groups (broad SMARTS) is 1. The van der Waals surface area contributed by atoms with Crippen LogP contribution in [0.25, 0.3) is 0 Å². The number of hydrogen-bond acceptors (Lipinski definition) is 7. The van der Waals surface area contributed by atoms with Crippen molar-refractivity contribution in [3.05, 3.63) is 0 Å². The third kappa shape index (κ3) is 0.989. The number of aliphatic carboxylic acids is 1. The van der Waals surface area contributed by atoms with Crippen LogP contribution in [0.15, 0.2) is 15.3 Å². The minimum Gasteiger partial charge on any atom is -0.476 e. The van der Waals surface area contributed by atoms with E-state index in [0.717, 1.165) is 0 Å². The van der Waals surface area contributed by atoms with Gasteiger partial charge < -0.3 is 5.11 Å². The van der Waals surface area contributed by atoms with E-state index >= 15 is 0 Å². The quantitative estimate of drug-likeness (QED) is 0.432. The molecule has 0 atom stereocenters. The van der Waals surface area contributed by atoms with Crippen molar-refractivity contribution in [1.82, 2.24) is 0 Å². The second kappa shape index (κ2) is 2.71. The summed E-state index contributed by atoms with van der Waals surface area (Å²) >= 11 is 0. The van der Waals surface area contributed by atoms with E-state index in [1.165, 1.54) is 0 Å². The second-order valence-corrected chi connectivity index (χ2v) is 1.28. The predicted molar refractivity (Wildman–Crippen MR) is 25.8 cm³/mol. The first kappa shape index (κ1) is 8.27. The number of hydrogen-bond donors (Lipinski definition) is 4. The van der Waals surface area contributed by atoms with Gasteiger partial charge in [-0.05, 0) is 0 Å². The standard InChI is InChI=1S/C2H4N6O2/c3-6-2(7-4,8-5)1(9)10/h3-5H,(H,9,10). The molecular weight excluding hydrogens is 140 g/mol. The summed E-state index contributed by atoms with van der Waals surface area (Å²) in [6, 6.07) is 0. The maximum absolute atomic E-state index is 10.1. The van der Waals surface area contributed by atoms with Gasteiger partial charge >= 0.3 is 11.8 Å². The molecule has 0 aliphatic carbocycles. The van der Waals surface area contributed by atoms with E-state index < -0.39 is 11.8 Å². The van der Waals surface area contributed by atoms with Crippen LogP contribution >= 0.6 is 0 Å². The highest BCUT2D eigenvalue weighted by atomic mass is 16.4. The molecule has 0 aliphatic heterocycles. The van der Waals surface area contributed by atoms with Crippen LogP contribution in [-0.2, 0) is 4.79 Å². The van der Waals surface area contributed by atoms with E-state index in [1.54, 1.807) is 0 Å². The Labute approximate surface area is 54.8 Å². The van der Waals surface area contributed by atoms with Gasteiger partial charge in [-0.2, -0.15) is 0 Å². The van der Waals surface area contributed by atoms with Crippen molar-refractivity contribution < 1.29 is 9.90 Å². The van der Waals surface area contributed by atoms with E-state index in [4.69, 9.17) is 21.7 Å². The van der Waals surface area contributed by atoms with Crippen LogP contribution < -0.4 is 0 Å². The maximum Gasteiger partial charge on any atom is 0.395 e. The minimum atomic E-state index is -2.58. The van der Waals surface area contributed by atoms with E-state index in [9.17, 15) is 4.79 Å². The molecule has 8 nitrogen and oxygen atoms in total. The van der Waals surface area contributed by atoms with E-state index in [-0.39, 0.29) is 0 Å². The summed E-state index contributed by atoms with van der Waals surface area (Å²) in [7, 11) is 0. The summed E-state index contributed by atoms with van der Waals surface area (Å²) < 4.78 is 0. The molecule has 0 aromatic rings. The van der Waals surface area contributed by atoms with Crippen molar-refractivity contribution in [2.75, 3.05) is 0 Å². The molecule has 0 saturated carbocycles. The van der Waals surface area contributed by atoms with Gasteiger partial charge in [-0.25, -0.2) is 21.4 Å². The first-order valence-corrected chi connectivity index (χ1v) is 2.02. The third-order valence-corrected chi connectivity index (χ3v) is 0.755. The fourth-order valence-electron chi connectivity index (χ4n) is 0.218. The fraction of sp³-hybridized carbons (Fsp3) is 0.500. The second-order valence-electron chi connectivity index (χ2n) is 1.28. The number of carboxylic acids is 1. The number of nitrogens with zero attached hydrogens (tertiary/aromatic N) is 3. The average molecular weight is 144 g/mol. The largest absolute Gasteiger partial charge is 0.476 e. The lowest BCUT2D eigenvalue weighted by Gasteiger charge is -2.06. The molecule has 0 radical (unpaired) electrons. The van der Waals surface area contributed by atoms with E-state index in [0.29, 0.717) is 0 Å². The van der Waals surface area contributed by atoms with Crippen molar-refractivity contribution in [1.29, 1.82) is 16.6 Å². The average Bonchev–Trinajstić information content (AvgIpc) is 1.92. The van der Waals surface area contributed by atoms with Gasteiger partial charge in [0.2, 0.25) is 0 Å². The molecule has 54 valence electrons. The highest BCUT2D eigenvalue weighted by Gasteiger charge is 2.38. The first-order valence-electron chi connectivity index (χ1n) is 2.02. The van der Waals surface area contributed by atoms with E-state index in [1.807, 2.05) is 0 Å². The van der Waals surface area contributed by atoms with Gasteiger partial charge in [0.1, 0.15) is 0 Å². The number of carbonyl (C=O) groups is 1. The van der Waals surface area contributed by atoms with Gasteiger partial charge in [0.15, 0.2) is 0 Å². The summed E-state index contributed by atoms with van der Waals surface area (Å²) in [5.74, 6) is -4.30. The highest BCUT2D eigenvalue weighted by molar-refractivity contribution is 5.77. The van der Waals surface area contributed by atoms with Gasteiger partial charge in [0.05, 0.1) is 0 Å². The Morgan fingerprint density at radius 1 is 1.20 bits per heavy atom. The molecule has 0 fully saturated rings. The molecule has 10 heavy (non-hydrogen) atoms. The van der Waals surface area contributed by atoms with E-state index in [2.05, 4.69) is 15.3 Å². The molecular formula is C2H4N6O2. The summed E-state index contributed by atoms with van der Waals surface area (Å²) in [5.41, 5.74) is 18.8. The molecule has 4 N–H and O–H groups in total. The Morgan fingerprint density at radius 2 is 1.50 bits per heavy atom. The lowest BCUT2D eigenvalue weighted by Crippen LogP contribution is -2.30. The SMILES string of the molecule is N=NC(N=N)(N=N)C(=O)O. The topological polar surface area (TPSA) is 146 Å². The monoisotopic (exact) mass is 144 g/mol. The van der Waals surface area contributed by atoms with Crippen molar-refractivity contribution in [3.8, 4) is 0 Å². The van der Waals surface area contributed by atoms with Gasteiger partial charge in [-0.3, -0.25) is 0 Å². The van der Waals surface area contributed by atoms with Crippen LogP contribution in [0.3, 0.4) is 0 Å². The maximum atomic E-state index is 10.1. The minimum absolute atomic E-state index is 1.72. The molecule has 0 unspecified atom stereocenters. The summed E-state index contributed by atoms with van der Waals surface area (Å²) in [5, 5.41) is 15.4. The van der Waals surface area contributed by atoms with Gasteiger partial charge in [-0.1, -0.05) is 0 Å². The molecule has 0 saturated heterocycles. The Balaban J connectivity index is 4.81. The molecule has 8 heteroatoms. The molecule has 0 aromatic heterocycles. The highest BCUT2D eigenvalue weighted by Crippen LogP contribution is 2.13. The zero-order valence-electron chi connectivity index (χ0n) is 4.70. The van der Waals surface area contributed by atoms with Crippen LogP contribution in [0.2, 0.25) is 0 Å². The molecule has 0 aromatic carbocycles. The predicted octanol–water partition coefficient (Wildman–Crippen LogP) is 0.818. The normalized spacial score (nSPS) is 14.8. The van der Waals surface area contributed by atoms with Crippen LogP contribution in [0.4, 0.5) is 0 Å². The Kier molecular flexibility index (Phi) is 2.24. The first-order chi connectivity index (χ1) is 4.63. The number of nitrogens with one attached hydrogen (secondary N) is 3. The van der Waals surface area contributed by atoms with Crippen molar-refractivity contribution in [3.63, 3.8) is 0 Å². The Bertz CT molecular complexity index is 164. The van der Waals surface area contributed by atoms with Crippen LogP contribution in [0.5, 0.6) is 0 Å². The number of rotatable bonds is 4. The summed E-state index contributed by atoms with van der Waals surface area (Å²) in [4.78, 5) is 10.1. The lowest BCUT2D eigenvalue weighted by atomic mass is 10.4. The van der Waals surface area contributed by atoms with Crippen LogP contribution in [0.1, 0.15) is 0 Å². The Morgan fingerprint density at radius 3 is 1.50 bits per heavy atom. The molecule has 0 rings (SSSR count). The molecule has 0 bridgehead atoms.